The highest BCUT2D eigenvalue weighted by Gasteiger charge is 2.20. The van der Waals surface area contributed by atoms with Gasteiger partial charge in [0.25, 0.3) is 0 Å². The van der Waals surface area contributed by atoms with Crippen LogP contribution < -0.4 is 14.8 Å². The van der Waals surface area contributed by atoms with E-state index in [1.54, 1.807) is 31.7 Å². The van der Waals surface area contributed by atoms with E-state index in [9.17, 15) is 4.79 Å². The Morgan fingerprint density at radius 3 is 2.66 bits per heavy atom. The second kappa shape index (κ2) is 9.05. The minimum absolute atomic E-state index is 0.298. The van der Waals surface area contributed by atoms with Gasteiger partial charge in [-0.2, -0.15) is 0 Å². The maximum Gasteiger partial charge on any atom is 0.357 e. The third-order valence-electron chi connectivity index (χ3n) is 4.55. The number of fused-ring (bicyclic) bond motifs is 1. The Morgan fingerprint density at radius 2 is 2.00 bits per heavy atom. The summed E-state index contributed by atoms with van der Waals surface area (Å²) in [4.78, 5) is 16.9. The van der Waals surface area contributed by atoms with Crippen molar-refractivity contribution in [3.05, 3.63) is 52.4 Å². The molecule has 0 aliphatic heterocycles. The minimum Gasteiger partial charge on any atom is -0.497 e. The number of carbonyl (C=O) groups excluding carboxylic acids is 1. The molecule has 0 radical (unpaired) electrons. The molecule has 7 nitrogen and oxygen atoms in total. The quantitative estimate of drug-likeness (QED) is 0.549. The largest absolute Gasteiger partial charge is 0.497 e. The lowest BCUT2D eigenvalue weighted by molar-refractivity contribution is 0.0517. The molecule has 0 atom stereocenters. The van der Waals surface area contributed by atoms with Gasteiger partial charge in [0.1, 0.15) is 17.1 Å². The maximum atomic E-state index is 12.4. The number of halogens is 1. The molecule has 0 bridgehead atoms. The summed E-state index contributed by atoms with van der Waals surface area (Å²) in [5, 5.41) is 3.78. The van der Waals surface area contributed by atoms with Gasteiger partial charge in [0.15, 0.2) is 5.69 Å². The Bertz CT molecular complexity index is 1030. The van der Waals surface area contributed by atoms with E-state index in [-0.39, 0.29) is 0 Å². The van der Waals surface area contributed by atoms with Crippen LogP contribution in [0, 0.1) is 0 Å². The van der Waals surface area contributed by atoms with Gasteiger partial charge in [0.2, 0.25) is 0 Å². The van der Waals surface area contributed by atoms with E-state index in [1.165, 1.54) is 0 Å². The molecule has 2 heterocycles. The van der Waals surface area contributed by atoms with E-state index in [4.69, 9.17) is 25.8 Å². The Kier molecular flexibility index (Phi) is 6.49. The Hall–Kier alpha value is -2.93. The van der Waals surface area contributed by atoms with E-state index in [0.717, 1.165) is 11.3 Å². The summed E-state index contributed by atoms with van der Waals surface area (Å²) in [6, 6.07) is 7.45. The molecule has 0 saturated carbocycles. The third-order valence-corrected chi connectivity index (χ3v) is 4.85. The molecule has 2 aromatic heterocycles. The molecule has 0 saturated heterocycles. The number of aryl methyl sites for hydroxylation is 1. The van der Waals surface area contributed by atoms with E-state index < -0.39 is 5.97 Å². The topological polar surface area (TPSA) is 74.1 Å². The summed E-state index contributed by atoms with van der Waals surface area (Å²) >= 11 is 6.48. The number of methoxy groups -OCH3 is 2. The second-order valence-electron chi connectivity index (χ2n) is 6.28. The van der Waals surface area contributed by atoms with Gasteiger partial charge in [-0.3, -0.25) is 4.40 Å². The van der Waals surface area contributed by atoms with Crippen molar-refractivity contribution < 1.29 is 19.0 Å². The number of rotatable bonds is 8. The molecule has 1 aromatic carbocycles. The molecule has 29 heavy (non-hydrogen) atoms. The van der Waals surface area contributed by atoms with Crippen LogP contribution in [-0.2, 0) is 17.7 Å². The summed E-state index contributed by atoms with van der Waals surface area (Å²) in [5.41, 5.74) is 3.37. The van der Waals surface area contributed by atoms with Gasteiger partial charge in [-0.15, -0.1) is 0 Å². The molecule has 8 heteroatoms. The van der Waals surface area contributed by atoms with Gasteiger partial charge in [0.05, 0.1) is 37.2 Å². The van der Waals surface area contributed by atoms with Crippen molar-refractivity contribution in [2.75, 3.05) is 26.1 Å². The lowest BCUT2D eigenvalue weighted by Crippen LogP contribution is -2.10. The standard InChI is InChI=1S/C21H24ClN3O4/c1-5-16-20(21(26)29-6-2)25-12-15(22)17(10-19(25)24-16)23-11-13-7-8-14(27-3)9-18(13)28-4/h7-10,12,23H,5-6,11H2,1-4H3. The number of aromatic nitrogens is 2. The molecule has 1 N–H and O–H groups in total. The molecule has 0 fully saturated rings. The smallest absolute Gasteiger partial charge is 0.357 e. The number of hydrogen-bond acceptors (Lipinski definition) is 6. The molecule has 0 aliphatic carbocycles. The van der Waals surface area contributed by atoms with Crippen LogP contribution in [0.25, 0.3) is 5.65 Å². The highest BCUT2D eigenvalue weighted by molar-refractivity contribution is 6.33. The number of carbonyl (C=O) groups is 1. The average Bonchev–Trinajstić information content (AvgIpc) is 3.09. The molecule has 0 spiro atoms. The Morgan fingerprint density at radius 1 is 1.21 bits per heavy atom. The first-order valence-electron chi connectivity index (χ1n) is 9.34. The van der Waals surface area contributed by atoms with Crippen molar-refractivity contribution in [3.8, 4) is 11.5 Å². The van der Waals surface area contributed by atoms with E-state index in [1.807, 2.05) is 31.2 Å². The Balaban J connectivity index is 1.91. The number of nitrogens with zero attached hydrogens (tertiary/aromatic N) is 2. The van der Waals surface area contributed by atoms with Crippen LogP contribution in [0.15, 0.2) is 30.5 Å². The van der Waals surface area contributed by atoms with Crippen LogP contribution in [0.3, 0.4) is 0 Å². The fourth-order valence-corrected chi connectivity index (χ4v) is 3.32. The van der Waals surface area contributed by atoms with E-state index in [0.29, 0.717) is 53.1 Å². The normalized spacial score (nSPS) is 10.8. The monoisotopic (exact) mass is 417 g/mol. The van der Waals surface area contributed by atoms with Gasteiger partial charge < -0.3 is 19.5 Å². The molecular formula is C21H24ClN3O4. The number of anilines is 1. The number of benzene rings is 1. The van der Waals surface area contributed by atoms with Crippen molar-refractivity contribution in [3.63, 3.8) is 0 Å². The lowest BCUT2D eigenvalue weighted by atomic mass is 10.2. The van der Waals surface area contributed by atoms with E-state index in [2.05, 4.69) is 10.3 Å². The summed E-state index contributed by atoms with van der Waals surface area (Å²) < 4.78 is 17.5. The molecule has 0 amide bonds. The first kappa shape index (κ1) is 20.8. The molecule has 3 rings (SSSR count). The summed E-state index contributed by atoms with van der Waals surface area (Å²) in [6.07, 6.45) is 2.29. The number of esters is 1. The zero-order valence-corrected chi connectivity index (χ0v) is 17.7. The fraction of sp³-hybridized carbons (Fsp3) is 0.333. The minimum atomic E-state index is -0.406. The molecular weight excluding hydrogens is 394 g/mol. The van der Waals surface area contributed by atoms with Crippen molar-refractivity contribution in [1.29, 1.82) is 0 Å². The van der Waals surface area contributed by atoms with Crippen LogP contribution in [0.4, 0.5) is 5.69 Å². The van der Waals surface area contributed by atoms with E-state index >= 15 is 0 Å². The average molecular weight is 418 g/mol. The van der Waals surface area contributed by atoms with Gasteiger partial charge in [-0.25, -0.2) is 9.78 Å². The van der Waals surface area contributed by atoms with Crippen molar-refractivity contribution >= 4 is 28.9 Å². The highest BCUT2D eigenvalue weighted by Crippen LogP contribution is 2.29. The van der Waals surface area contributed by atoms with Gasteiger partial charge in [-0.1, -0.05) is 18.5 Å². The first-order valence-corrected chi connectivity index (χ1v) is 9.72. The molecule has 3 aromatic rings. The number of hydrogen-bond donors (Lipinski definition) is 1. The number of ether oxygens (including phenoxy) is 3. The predicted molar refractivity (Wildman–Crippen MR) is 112 cm³/mol. The zero-order valence-electron chi connectivity index (χ0n) is 16.9. The van der Waals surface area contributed by atoms with Gasteiger partial charge >= 0.3 is 5.97 Å². The van der Waals surface area contributed by atoms with Crippen molar-refractivity contribution in [2.45, 2.75) is 26.8 Å². The number of imidazole rings is 1. The van der Waals surface area contributed by atoms with Crippen LogP contribution in [0.2, 0.25) is 5.02 Å². The maximum absolute atomic E-state index is 12.4. The highest BCUT2D eigenvalue weighted by atomic mass is 35.5. The SMILES string of the molecule is CCOC(=O)c1c(CC)nc2cc(NCc3ccc(OC)cc3OC)c(Cl)cn12. The predicted octanol–water partition coefficient (Wildman–Crippen LogP) is 4.36. The first-order chi connectivity index (χ1) is 14.0. The van der Waals surface area contributed by atoms with Crippen LogP contribution in [-0.4, -0.2) is 36.2 Å². The fourth-order valence-electron chi connectivity index (χ4n) is 3.10. The molecule has 154 valence electrons. The Labute approximate surface area is 174 Å². The molecule has 0 unspecified atom stereocenters. The third kappa shape index (κ3) is 4.24. The summed E-state index contributed by atoms with van der Waals surface area (Å²) in [6.45, 7) is 4.51. The number of pyridine rings is 1. The van der Waals surface area contributed by atoms with Crippen molar-refractivity contribution in [1.82, 2.24) is 9.38 Å². The van der Waals surface area contributed by atoms with Crippen molar-refractivity contribution in [2.24, 2.45) is 0 Å². The van der Waals surface area contributed by atoms with Gasteiger partial charge in [-0.05, 0) is 25.5 Å². The number of nitrogens with one attached hydrogen (secondary N) is 1. The second-order valence-corrected chi connectivity index (χ2v) is 6.68. The van der Waals surface area contributed by atoms with Crippen LogP contribution >= 0.6 is 11.6 Å². The van der Waals surface area contributed by atoms with Gasteiger partial charge in [0, 0.05) is 30.4 Å². The zero-order chi connectivity index (χ0) is 21.0. The summed E-state index contributed by atoms with van der Waals surface area (Å²) in [7, 11) is 3.23. The van der Waals surface area contributed by atoms with Crippen LogP contribution in [0.1, 0.15) is 35.6 Å². The molecule has 0 aliphatic rings. The summed E-state index contributed by atoms with van der Waals surface area (Å²) in [5.74, 6) is 1.03. The van der Waals surface area contributed by atoms with Crippen LogP contribution in [0.5, 0.6) is 11.5 Å². The lowest BCUT2D eigenvalue weighted by Gasteiger charge is -2.13.